The van der Waals surface area contributed by atoms with E-state index in [0.29, 0.717) is 6.42 Å². The van der Waals surface area contributed by atoms with Crippen LogP contribution >= 0.6 is 0 Å². The highest BCUT2D eigenvalue weighted by Crippen LogP contribution is 2.12. The molecule has 2 unspecified atom stereocenters. The molecular formula is C28H55NO3. The predicted molar refractivity (Wildman–Crippen MR) is 138 cm³/mol. The topological polar surface area (TPSA) is 69.6 Å². The summed E-state index contributed by atoms with van der Waals surface area (Å²) in [6.07, 6.45) is 27.1. The molecule has 0 rings (SSSR count). The number of carbonyl (C=O) groups is 1. The SMILES string of the molecule is CCCCCCCCCCCC/C=C/C(O)C(CO)NC(=O)CCCCCCCCCC. The summed E-state index contributed by atoms with van der Waals surface area (Å²) in [4.78, 5) is 12.1. The van der Waals surface area contributed by atoms with Crippen molar-refractivity contribution in [2.24, 2.45) is 0 Å². The van der Waals surface area contributed by atoms with Gasteiger partial charge in [0.05, 0.1) is 18.8 Å². The number of hydrogen-bond donors (Lipinski definition) is 3. The van der Waals surface area contributed by atoms with Gasteiger partial charge in [-0.25, -0.2) is 0 Å². The highest BCUT2D eigenvalue weighted by atomic mass is 16.3. The van der Waals surface area contributed by atoms with E-state index in [1.165, 1.54) is 96.3 Å². The average molecular weight is 454 g/mol. The van der Waals surface area contributed by atoms with E-state index in [-0.39, 0.29) is 12.5 Å². The van der Waals surface area contributed by atoms with E-state index in [1.54, 1.807) is 6.08 Å². The minimum absolute atomic E-state index is 0.0721. The fourth-order valence-corrected chi connectivity index (χ4v) is 4.06. The van der Waals surface area contributed by atoms with E-state index in [0.717, 1.165) is 25.7 Å². The van der Waals surface area contributed by atoms with Crippen LogP contribution in [0.4, 0.5) is 0 Å². The van der Waals surface area contributed by atoms with Gasteiger partial charge >= 0.3 is 0 Å². The zero-order valence-corrected chi connectivity index (χ0v) is 21.5. The van der Waals surface area contributed by atoms with E-state index in [2.05, 4.69) is 19.2 Å². The summed E-state index contributed by atoms with van der Waals surface area (Å²) < 4.78 is 0. The van der Waals surface area contributed by atoms with Crippen LogP contribution in [0.15, 0.2) is 12.2 Å². The second kappa shape index (κ2) is 24.8. The van der Waals surface area contributed by atoms with Crippen LogP contribution in [-0.4, -0.2) is 34.9 Å². The Morgan fingerprint density at radius 2 is 1.16 bits per heavy atom. The molecule has 0 saturated carbocycles. The van der Waals surface area contributed by atoms with Gasteiger partial charge in [-0.15, -0.1) is 0 Å². The fourth-order valence-electron chi connectivity index (χ4n) is 4.06. The van der Waals surface area contributed by atoms with Gasteiger partial charge in [-0.1, -0.05) is 129 Å². The lowest BCUT2D eigenvalue weighted by Gasteiger charge is -2.20. The maximum atomic E-state index is 12.1. The molecule has 0 aromatic carbocycles. The molecule has 0 fully saturated rings. The highest BCUT2D eigenvalue weighted by Gasteiger charge is 2.17. The molecule has 0 spiro atoms. The summed E-state index contributed by atoms with van der Waals surface area (Å²) in [6, 6.07) is -0.611. The summed E-state index contributed by atoms with van der Waals surface area (Å²) in [6.45, 7) is 4.24. The number of hydrogen-bond acceptors (Lipinski definition) is 3. The largest absolute Gasteiger partial charge is 0.394 e. The lowest BCUT2D eigenvalue weighted by atomic mass is 10.1. The van der Waals surface area contributed by atoms with E-state index in [9.17, 15) is 15.0 Å². The number of unbranched alkanes of at least 4 members (excludes halogenated alkanes) is 17. The number of rotatable bonds is 24. The van der Waals surface area contributed by atoms with Crippen LogP contribution < -0.4 is 5.32 Å². The summed E-state index contributed by atoms with van der Waals surface area (Å²) >= 11 is 0. The summed E-state index contributed by atoms with van der Waals surface area (Å²) in [5.74, 6) is -0.0721. The van der Waals surface area contributed by atoms with Gasteiger partial charge < -0.3 is 15.5 Å². The van der Waals surface area contributed by atoms with Crippen LogP contribution in [0.25, 0.3) is 0 Å². The van der Waals surface area contributed by atoms with Crippen molar-refractivity contribution in [1.29, 1.82) is 0 Å². The Labute approximate surface area is 199 Å². The molecule has 0 aliphatic rings. The van der Waals surface area contributed by atoms with Crippen molar-refractivity contribution >= 4 is 5.91 Å². The van der Waals surface area contributed by atoms with Crippen LogP contribution in [0, 0.1) is 0 Å². The van der Waals surface area contributed by atoms with Crippen LogP contribution in [-0.2, 0) is 4.79 Å². The number of amides is 1. The summed E-state index contributed by atoms with van der Waals surface area (Å²) in [5.41, 5.74) is 0. The van der Waals surface area contributed by atoms with Crippen molar-refractivity contribution in [3.05, 3.63) is 12.2 Å². The third-order valence-corrected chi connectivity index (χ3v) is 6.27. The Morgan fingerprint density at radius 1 is 0.719 bits per heavy atom. The average Bonchev–Trinajstić information content (AvgIpc) is 2.79. The van der Waals surface area contributed by atoms with Crippen LogP contribution in [0.2, 0.25) is 0 Å². The van der Waals surface area contributed by atoms with Crippen LogP contribution in [0.3, 0.4) is 0 Å². The minimum Gasteiger partial charge on any atom is -0.394 e. The molecule has 190 valence electrons. The first kappa shape index (κ1) is 31.1. The molecule has 0 aliphatic heterocycles. The van der Waals surface area contributed by atoms with Crippen LogP contribution in [0.5, 0.6) is 0 Å². The molecule has 0 radical (unpaired) electrons. The first-order valence-electron chi connectivity index (χ1n) is 13.9. The predicted octanol–water partition coefficient (Wildman–Crippen LogP) is 7.22. The Balaban J connectivity index is 3.71. The second-order valence-corrected chi connectivity index (χ2v) is 9.47. The van der Waals surface area contributed by atoms with E-state index < -0.39 is 12.1 Å². The van der Waals surface area contributed by atoms with Gasteiger partial charge in [0.2, 0.25) is 5.91 Å². The van der Waals surface area contributed by atoms with Gasteiger partial charge in [0.15, 0.2) is 0 Å². The monoisotopic (exact) mass is 453 g/mol. The number of allylic oxidation sites excluding steroid dienone is 1. The molecular weight excluding hydrogens is 398 g/mol. The Bertz CT molecular complexity index is 425. The van der Waals surface area contributed by atoms with Gasteiger partial charge in [0, 0.05) is 6.42 Å². The van der Waals surface area contributed by atoms with Gasteiger partial charge in [-0.3, -0.25) is 4.79 Å². The zero-order valence-electron chi connectivity index (χ0n) is 21.5. The maximum Gasteiger partial charge on any atom is 0.220 e. The normalized spacial score (nSPS) is 13.5. The molecule has 3 N–H and O–H groups in total. The van der Waals surface area contributed by atoms with Crippen molar-refractivity contribution in [3.63, 3.8) is 0 Å². The quantitative estimate of drug-likeness (QED) is 0.107. The van der Waals surface area contributed by atoms with E-state index >= 15 is 0 Å². The first-order chi connectivity index (χ1) is 15.7. The molecule has 32 heavy (non-hydrogen) atoms. The number of nitrogens with one attached hydrogen (secondary N) is 1. The molecule has 0 saturated heterocycles. The Kier molecular flexibility index (Phi) is 24.1. The molecule has 0 aliphatic carbocycles. The molecule has 0 aromatic rings. The standard InChI is InChI=1S/C28H55NO3/c1-3-5-7-9-11-13-14-15-16-17-19-21-23-27(31)26(25-30)29-28(32)24-22-20-18-12-10-8-6-4-2/h21,23,26-27,30-31H,3-20,22,24-25H2,1-2H3,(H,29,32)/b23-21+. The molecule has 2 atom stereocenters. The summed E-state index contributed by atoms with van der Waals surface area (Å²) in [7, 11) is 0. The maximum absolute atomic E-state index is 12.1. The smallest absolute Gasteiger partial charge is 0.220 e. The van der Waals surface area contributed by atoms with Gasteiger partial charge in [0.25, 0.3) is 0 Å². The van der Waals surface area contributed by atoms with Gasteiger partial charge in [0.1, 0.15) is 0 Å². The highest BCUT2D eigenvalue weighted by molar-refractivity contribution is 5.76. The number of aliphatic hydroxyl groups is 2. The van der Waals surface area contributed by atoms with Gasteiger partial charge in [-0.2, -0.15) is 0 Å². The third-order valence-electron chi connectivity index (χ3n) is 6.27. The van der Waals surface area contributed by atoms with Crippen LogP contribution in [0.1, 0.15) is 142 Å². The van der Waals surface area contributed by atoms with Crippen molar-refractivity contribution in [2.75, 3.05) is 6.61 Å². The molecule has 0 heterocycles. The molecule has 4 heteroatoms. The number of aliphatic hydroxyl groups excluding tert-OH is 2. The van der Waals surface area contributed by atoms with E-state index in [1.807, 2.05) is 6.08 Å². The van der Waals surface area contributed by atoms with Gasteiger partial charge in [-0.05, 0) is 19.3 Å². The Hall–Kier alpha value is -0.870. The second-order valence-electron chi connectivity index (χ2n) is 9.47. The molecule has 4 nitrogen and oxygen atoms in total. The first-order valence-corrected chi connectivity index (χ1v) is 13.9. The third kappa shape index (κ3) is 21.0. The molecule has 0 aromatic heterocycles. The lowest BCUT2D eigenvalue weighted by molar-refractivity contribution is -0.123. The summed E-state index contributed by atoms with van der Waals surface area (Å²) in [5, 5.41) is 22.6. The van der Waals surface area contributed by atoms with Crippen molar-refractivity contribution in [3.8, 4) is 0 Å². The van der Waals surface area contributed by atoms with Crippen molar-refractivity contribution < 1.29 is 15.0 Å². The van der Waals surface area contributed by atoms with Crippen molar-refractivity contribution in [2.45, 2.75) is 154 Å². The lowest BCUT2D eigenvalue weighted by Crippen LogP contribution is -2.45. The number of carbonyl (C=O) groups excluding carboxylic acids is 1. The molecule has 0 bridgehead atoms. The molecule has 1 amide bonds. The Morgan fingerprint density at radius 3 is 1.62 bits per heavy atom. The zero-order chi connectivity index (χ0) is 23.7. The fraction of sp³-hybridized carbons (Fsp3) is 0.893. The minimum atomic E-state index is -0.828. The van der Waals surface area contributed by atoms with Crippen molar-refractivity contribution in [1.82, 2.24) is 5.32 Å². The van der Waals surface area contributed by atoms with E-state index in [4.69, 9.17) is 0 Å².